The third kappa shape index (κ3) is 4.52. The highest BCUT2D eigenvalue weighted by atomic mass is 79.9. The topological polar surface area (TPSA) is 92.4 Å². The van der Waals surface area contributed by atoms with E-state index in [1.165, 1.54) is 6.08 Å². The van der Waals surface area contributed by atoms with Crippen molar-refractivity contribution in [3.05, 3.63) is 57.3 Å². The second-order valence-electron chi connectivity index (χ2n) is 6.93. The van der Waals surface area contributed by atoms with Crippen LogP contribution in [0.25, 0.3) is 11.8 Å². The van der Waals surface area contributed by atoms with Crippen LogP contribution in [0.1, 0.15) is 29.8 Å². The molecule has 1 saturated heterocycles. The Morgan fingerprint density at radius 1 is 1.27 bits per heavy atom. The highest BCUT2D eigenvalue weighted by Gasteiger charge is 2.27. The fraction of sp³-hybridized carbons (Fsp3) is 0.273. The summed E-state index contributed by atoms with van der Waals surface area (Å²) in [6.45, 7) is 3.59. The summed E-state index contributed by atoms with van der Waals surface area (Å²) in [5.74, 6) is -1.74. The Labute approximate surface area is 182 Å². The number of ether oxygens (including phenoxy) is 1. The first kappa shape index (κ1) is 21.5. The molecule has 0 radical (unpaired) electrons. The van der Waals surface area contributed by atoms with Crippen molar-refractivity contribution in [2.45, 2.75) is 26.7 Å². The van der Waals surface area contributed by atoms with Crippen LogP contribution in [0.15, 0.2) is 40.4 Å². The van der Waals surface area contributed by atoms with Gasteiger partial charge in [0.2, 0.25) is 5.91 Å². The van der Waals surface area contributed by atoms with E-state index in [4.69, 9.17) is 4.74 Å². The fourth-order valence-corrected chi connectivity index (χ4v) is 3.67. The minimum absolute atomic E-state index is 0.216. The minimum Gasteiger partial charge on any atom is -0.451 e. The normalized spacial score (nSPS) is 14.0. The molecule has 2 amide bonds. The highest BCUT2D eigenvalue weighted by Crippen LogP contribution is 2.24. The van der Waals surface area contributed by atoms with Crippen molar-refractivity contribution in [2.24, 2.45) is 0 Å². The van der Waals surface area contributed by atoms with Gasteiger partial charge in [0, 0.05) is 34.5 Å². The van der Waals surface area contributed by atoms with Crippen molar-refractivity contribution < 1.29 is 19.1 Å². The first-order valence-electron chi connectivity index (χ1n) is 9.39. The molecule has 1 aliphatic heterocycles. The van der Waals surface area contributed by atoms with Gasteiger partial charge in [-0.2, -0.15) is 5.26 Å². The quantitative estimate of drug-likeness (QED) is 0.379. The summed E-state index contributed by atoms with van der Waals surface area (Å²) >= 11 is 3.42. The molecule has 1 aromatic heterocycles. The average molecular weight is 470 g/mol. The van der Waals surface area contributed by atoms with Gasteiger partial charge in [-0.25, -0.2) is 4.79 Å². The first-order chi connectivity index (χ1) is 14.3. The third-order valence-corrected chi connectivity index (χ3v) is 5.43. The maximum atomic E-state index is 12.3. The number of nitriles is 1. The molecule has 0 atom stereocenters. The van der Waals surface area contributed by atoms with E-state index >= 15 is 0 Å². The Morgan fingerprint density at radius 2 is 1.97 bits per heavy atom. The number of likely N-dealkylation sites (tertiary alicyclic amines) is 1. The molecule has 7 nitrogen and oxygen atoms in total. The van der Waals surface area contributed by atoms with Crippen LogP contribution >= 0.6 is 15.9 Å². The molecular formula is C22H20BrN3O4. The van der Waals surface area contributed by atoms with E-state index in [9.17, 15) is 19.6 Å². The van der Waals surface area contributed by atoms with Gasteiger partial charge in [-0.05, 0) is 62.2 Å². The number of nitrogens with zero attached hydrogens (tertiary/aromatic N) is 3. The van der Waals surface area contributed by atoms with E-state index in [1.54, 1.807) is 0 Å². The maximum absolute atomic E-state index is 12.3. The summed E-state index contributed by atoms with van der Waals surface area (Å²) in [6.07, 6.45) is 2.37. The Bertz CT molecular complexity index is 1080. The molecule has 154 valence electrons. The average Bonchev–Trinajstić information content (AvgIpc) is 3.27. The number of halogens is 1. The lowest BCUT2D eigenvalue weighted by Crippen LogP contribution is -2.35. The molecule has 0 bridgehead atoms. The van der Waals surface area contributed by atoms with Gasteiger partial charge in [0.05, 0.1) is 0 Å². The van der Waals surface area contributed by atoms with Gasteiger partial charge in [-0.3, -0.25) is 14.5 Å². The Kier molecular flexibility index (Phi) is 6.53. The number of benzene rings is 1. The molecule has 1 aliphatic rings. The molecule has 1 aromatic carbocycles. The number of aryl methyl sites for hydroxylation is 1. The van der Waals surface area contributed by atoms with Gasteiger partial charge >= 0.3 is 5.97 Å². The van der Waals surface area contributed by atoms with E-state index in [1.807, 2.05) is 54.8 Å². The third-order valence-electron chi connectivity index (χ3n) is 4.90. The van der Waals surface area contributed by atoms with Crippen LogP contribution in [0.3, 0.4) is 0 Å². The molecule has 0 aliphatic carbocycles. The van der Waals surface area contributed by atoms with Gasteiger partial charge in [0.1, 0.15) is 11.6 Å². The van der Waals surface area contributed by atoms with Crippen LogP contribution in [0.5, 0.6) is 0 Å². The molecule has 30 heavy (non-hydrogen) atoms. The lowest BCUT2D eigenvalue weighted by molar-refractivity contribution is -0.152. The zero-order chi connectivity index (χ0) is 21.8. The van der Waals surface area contributed by atoms with E-state index in [-0.39, 0.29) is 11.5 Å². The fourth-order valence-electron chi connectivity index (χ4n) is 3.41. The second-order valence-corrected chi connectivity index (χ2v) is 7.84. The molecular weight excluding hydrogens is 450 g/mol. The van der Waals surface area contributed by atoms with Gasteiger partial charge in [-0.15, -0.1) is 0 Å². The minimum atomic E-state index is -0.897. The smallest absolute Gasteiger partial charge is 0.349 e. The molecule has 0 N–H and O–H groups in total. The highest BCUT2D eigenvalue weighted by molar-refractivity contribution is 9.10. The number of amides is 2. The van der Waals surface area contributed by atoms with Crippen LogP contribution in [0.2, 0.25) is 0 Å². The standard InChI is InChI=1S/C22H20BrN3O4/c1-14-10-16(15(2)26(14)19-7-5-18(23)6-8-19)11-17(12-24)22(29)30-13-21(28)25-9-3-4-20(25)27/h5-8,10-11H,3-4,9,13H2,1-2H3/b17-11+. The van der Waals surface area contributed by atoms with Crippen molar-refractivity contribution in [1.82, 2.24) is 9.47 Å². The summed E-state index contributed by atoms with van der Waals surface area (Å²) in [5, 5.41) is 9.41. The second kappa shape index (κ2) is 9.09. The van der Waals surface area contributed by atoms with E-state index in [0.29, 0.717) is 24.9 Å². The van der Waals surface area contributed by atoms with Crippen molar-refractivity contribution >= 4 is 39.8 Å². The lowest BCUT2D eigenvalue weighted by Gasteiger charge is -2.13. The molecule has 8 heteroatoms. The Morgan fingerprint density at radius 3 is 2.57 bits per heavy atom. The number of esters is 1. The van der Waals surface area contributed by atoms with Crippen LogP contribution in [0, 0.1) is 25.2 Å². The molecule has 2 heterocycles. The van der Waals surface area contributed by atoms with Gasteiger partial charge < -0.3 is 9.30 Å². The molecule has 0 saturated carbocycles. The van der Waals surface area contributed by atoms with Crippen molar-refractivity contribution in [2.75, 3.05) is 13.2 Å². The zero-order valence-electron chi connectivity index (χ0n) is 16.6. The summed E-state index contributed by atoms with van der Waals surface area (Å²) in [4.78, 5) is 37.0. The molecule has 2 aromatic rings. The van der Waals surface area contributed by atoms with Crippen molar-refractivity contribution in [3.8, 4) is 11.8 Å². The predicted octanol–water partition coefficient (Wildman–Crippen LogP) is 3.46. The van der Waals surface area contributed by atoms with Gasteiger partial charge in [0.25, 0.3) is 5.91 Å². The number of hydrogen-bond donors (Lipinski definition) is 0. The Balaban J connectivity index is 1.77. The van der Waals surface area contributed by atoms with Crippen LogP contribution in [-0.4, -0.2) is 40.4 Å². The van der Waals surface area contributed by atoms with Crippen LogP contribution in [0.4, 0.5) is 0 Å². The van der Waals surface area contributed by atoms with Gasteiger partial charge in [0.15, 0.2) is 6.61 Å². The van der Waals surface area contributed by atoms with E-state index in [2.05, 4.69) is 15.9 Å². The SMILES string of the molecule is Cc1cc(/C=C(\C#N)C(=O)OCC(=O)N2CCCC2=O)c(C)n1-c1ccc(Br)cc1. The zero-order valence-corrected chi connectivity index (χ0v) is 18.2. The lowest BCUT2D eigenvalue weighted by atomic mass is 10.1. The number of imide groups is 1. The first-order valence-corrected chi connectivity index (χ1v) is 10.2. The molecule has 0 unspecified atom stereocenters. The number of hydrogen-bond acceptors (Lipinski definition) is 5. The number of carbonyl (C=O) groups excluding carboxylic acids is 3. The maximum Gasteiger partial charge on any atom is 0.349 e. The largest absolute Gasteiger partial charge is 0.451 e. The van der Waals surface area contributed by atoms with Crippen LogP contribution in [-0.2, 0) is 19.1 Å². The molecule has 3 rings (SSSR count). The van der Waals surface area contributed by atoms with E-state index in [0.717, 1.165) is 26.4 Å². The van der Waals surface area contributed by atoms with Gasteiger partial charge in [-0.1, -0.05) is 15.9 Å². The van der Waals surface area contributed by atoms with Crippen molar-refractivity contribution in [1.29, 1.82) is 5.26 Å². The predicted molar refractivity (Wildman–Crippen MR) is 113 cm³/mol. The van der Waals surface area contributed by atoms with Crippen molar-refractivity contribution in [3.63, 3.8) is 0 Å². The summed E-state index contributed by atoms with van der Waals surface area (Å²) in [6, 6.07) is 11.5. The van der Waals surface area contributed by atoms with Crippen LogP contribution < -0.4 is 0 Å². The summed E-state index contributed by atoms with van der Waals surface area (Å²) in [5.41, 5.74) is 3.23. The summed E-state index contributed by atoms with van der Waals surface area (Å²) < 4.78 is 7.96. The molecule has 0 spiro atoms. The summed E-state index contributed by atoms with van der Waals surface area (Å²) in [7, 11) is 0. The number of rotatable bonds is 5. The molecule has 1 fully saturated rings. The van der Waals surface area contributed by atoms with E-state index < -0.39 is 18.5 Å². The number of carbonyl (C=O) groups is 3. The Hall–Kier alpha value is -3.18. The monoisotopic (exact) mass is 469 g/mol. The number of aromatic nitrogens is 1.